The van der Waals surface area contributed by atoms with Crippen LogP contribution in [0, 0.1) is 0 Å². The Hall–Kier alpha value is -2.06. The Bertz CT molecular complexity index is 522. The lowest BCUT2D eigenvalue weighted by Crippen LogP contribution is -2.05. The van der Waals surface area contributed by atoms with Crippen LogP contribution in [0.25, 0.3) is 6.08 Å². The van der Waals surface area contributed by atoms with E-state index in [0.29, 0.717) is 0 Å². The fourth-order valence-electron chi connectivity index (χ4n) is 2.15. The van der Waals surface area contributed by atoms with Gasteiger partial charge in [0.15, 0.2) is 0 Å². The third-order valence-corrected chi connectivity index (χ3v) is 3.34. The quantitative estimate of drug-likeness (QED) is 0.705. The predicted octanol–water partition coefficient (Wildman–Crippen LogP) is 4.34. The second-order valence-electron chi connectivity index (χ2n) is 5.13. The number of hydrogen-bond donors (Lipinski definition) is 2. The van der Waals surface area contributed by atoms with Crippen molar-refractivity contribution in [2.24, 2.45) is 0 Å². The first-order valence-corrected chi connectivity index (χ1v) is 7.55. The van der Waals surface area contributed by atoms with E-state index in [1.807, 2.05) is 60.7 Å². The number of nitrogens with one attached hydrogen (secondary N) is 1. The lowest BCUT2D eigenvalue weighted by molar-refractivity contribution is 0.210. The summed E-state index contributed by atoms with van der Waals surface area (Å²) in [6.45, 7) is 0.944. The van der Waals surface area contributed by atoms with Crippen LogP contribution in [0.5, 0.6) is 0 Å². The molecular formula is C19H23NO. The summed E-state index contributed by atoms with van der Waals surface area (Å²) in [5.74, 6) is 0. The van der Waals surface area contributed by atoms with Gasteiger partial charge in [-0.1, -0.05) is 60.7 Å². The summed E-state index contributed by atoms with van der Waals surface area (Å²) in [6.07, 6.45) is 6.37. The van der Waals surface area contributed by atoms with Crippen LogP contribution in [0.15, 0.2) is 66.7 Å². The molecule has 2 heteroatoms. The zero-order valence-electron chi connectivity index (χ0n) is 12.3. The minimum Gasteiger partial charge on any atom is -0.389 e. The van der Waals surface area contributed by atoms with E-state index in [0.717, 1.165) is 37.1 Å². The third-order valence-electron chi connectivity index (χ3n) is 3.34. The van der Waals surface area contributed by atoms with Gasteiger partial charge in [-0.05, 0) is 37.0 Å². The molecule has 0 spiro atoms. The van der Waals surface area contributed by atoms with Crippen LogP contribution in [0.3, 0.4) is 0 Å². The molecule has 2 aromatic rings. The highest BCUT2D eigenvalue weighted by Gasteiger charge is 1.99. The van der Waals surface area contributed by atoms with Gasteiger partial charge in [-0.2, -0.15) is 0 Å². The molecule has 0 saturated heterocycles. The molecular weight excluding hydrogens is 258 g/mol. The lowest BCUT2D eigenvalue weighted by Gasteiger charge is -2.07. The molecule has 0 aliphatic heterocycles. The first kappa shape index (κ1) is 15.3. The second kappa shape index (κ2) is 8.98. The highest BCUT2D eigenvalue weighted by Crippen LogP contribution is 2.08. The number of aliphatic hydroxyl groups excluding tert-OH is 1. The van der Waals surface area contributed by atoms with E-state index in [1.54, 1.807) is 0 Å². The average molecular weight is 281 g/mol. The predicted molar refractivity (Wildman–Crippen MR) is 90.3 cm³/mol. The van der Waals surface area contributed by atoms with Crippen molar-refractivity contribution in [3.8, 4) is 0 Å². The lowest BCUT2D eigenvalue weighted by atomic mass is 10.1. The maximum Gasteiger partial charge on any atom is 0.0724 e. The molecule has 0 unspecified atom stereocenters. The fourth-order valence-corrected chi connectivity index (χ4v) is 2.15. The van der Waals surface area contributed by atoms with Gasteiger partial charge in [0, 0.05) is 12.2 Å². The molecule has 0 fully saturated rings. The van der Waals surface area contributed by atoms with E-state index < -0.39 is 0 Å². The summed E-state index contributed by atoms with van der Waals surface area (Å²) in [7, 11) is 0. The van der Waals surface area contributed by atoms with Gasteiger partial charge in [-0.3, -0.25) is 0 Å². The molecule has 0 amide bonds. The van der Waals surface area contributed by atoms with Crippen molar-refractivity contribution < 1.29 is 5.11 Å². The van der Waals surface area contributed by atoms with Crippen molar-refractivity contribution in [1.29, 1.82) is 0 Å². The van der Waals surface area contributed by atoms with Gasteiger partial charge in [0.2, 0.25) is 0 Å². The van der Waals surface area contributed by atoms with Crippen molar-refractivity contribution in [1.82, 2.24) is 0 Å². The van der Waals surface area contributed by atoms with Gasteiger partial charge in [0.25, 0.3) is 0 Å². The number of hydrogen-bond acceptors (Lipinski definition) is 2. The Balaban J connectivity index is 1.59. The molecule has 0 aliphatic rings. The second-order valence-corrected chi connectivity index (χ2v) is 5.13. The molecule has 0 radical (unpaired) electrons. The maximum absolute atomic E-state index is 9.92. The smallest absolute Gasteiger partial charge is 0.0724 e. The first-order valence-electron chi connectivity index (χ1n) is 7.55. The van der Waals surface area contributed by atoms with Crippen LogP contribution in [0.4, 0.5) is 5.69 Å². The van der Waals surface area contributed by atoms with Crippen molar-refractivity contribution >= 4 is 11.8 Å². The Morgan fingerprint density at radius 1 is 0.905 bits per heavy atom. The maximum atomic E-state index is 9.92. The molecule has 2 aromatic carbocycles. The molecule has 110 valence electrons. The van der Waals surface area contributed by atoms with E-state index in [1.165, 1.54) is 0 Å². The number of aliphatic hydroxyl groups is 1. The van der Waals surface area contributed by atoms with Crippen LogP contribution in [-0.2, 0) is 0 Å². The number of benzene rings is 2. The Labute approximate surface area is 127 Å². The monoisotopic (exact) mass is 281 g/mol. The minimum absolute atomic E-state index is 0.359. The number of unbranched alkanes of at least 4 members (excludes halogenated alkanes) is 1. The molecule has 21 heavy (non-hydrogen) atoms. The molecule has 2 rings (SSSR count). The zero-order chi connectivity index (χ0) is 14.8. The first-order chi connectivity index (χ1) is 10.3. The zero-order valence-corrected chi connectivity index (χ0v) is 12.3. The topological polar surface area (TPSA) is 32.3 Å². The van der Waals surface area contributed by atoms with Crippen LogP contribution in [0.2, 0.25) is 0 Å². The molecule has 0 saturated carbocycles. The normalized spacial score (nSPS) is 12.4. The van der Waals surface area contributed by atoms with Crippen molar-refractivity contribution in [2.45, 2.75) is 25.4 Å². The molecule has 2 N–H and O–H groups in total. The third kappa shape index (κ3) is 6.28. The van der Waals surface area contributed by atoms with Gasteiger partial charge in [0.1, 0.15) is 0 Å². The van der Waals surface area contributed by atoms with Gasteiger partial charge in [-0.25, -0.2) is 0 Å². The minimum atomic E-state index is -0.359. The Morgan fingerprint density at radius 2 is 1.57 bits per heavy atom. The average Bonchev–Trinajstić information content (AvgIpc) is 2.54. The SMILES string of the molecule is O[C@H](/C=C/c1ccccc1)CCCCNc1ccccc1. The number of rotatable bonds is 8. The summed E-state index contributed by atoms with van der Waals surface area (Å²) in [4.78, 5) is 0. The van der Waals surface area contributed by atoms with Gasteiger partial charge in [-0.15, -0.1) is 0 Å². The van der Waals surface area contributed by atoms with E-state index in [-0.39, 0.29) is 6.10 Å². The van der Waals surface area contributed by atoms with E-state index in [9.17, 15) is 5.11 Å². The van der Waals surface area contributed by atoms with Gasteiger partial charge >= 0.3 is 0 Å². The largest absolute Gasteiger partial charge is 0.389 e. The van der Waals surface area contributed by atoms with Crippen molar-refractivity contribution in [3.63, 3.8) is 0 Å². The molecule has 0 heterocycles. The van der Waals surface area contributed by atoms with Crippen LogP contribution >= 0.6 is 0 Å². The molecule has 0 bridgehead atoms. The van der Waals surface area contributed by atoms with E-state index >= 15 is 0 Å². The van der Waals surface area contributed by atoms with Gasteiger partial charge < -0.3 is 10.4 Å². The molecule has 2 nitrogen and oxygen atoms in total. The summed E-state index contributed by atoms with van der Waals surface area (Å²) in [6, 6.07) is 20.3. The van der Waals surface area contributed by atoms with Crippen LogP contribution < -0.4 is 5.32 Å². The highest BCUT2D eigenvalue weighted by molar-refractivity contribution is 5.49. The Kier molecular flexibility index (Phi) is 6.56. The molecule has 1 atom stereocenters. The standard InChI is InChI=1S/C19H23NO/c21-19(15-14-17-9-3-1-4-10-17)13-7-8-16-20-18-11-5-2-6-12-18/h1-6,9-12,14-15,19-21H,7-8,13,16H2/b15-14+/t19-/m0/s1. The van der Waals surface area contributed by atoms with E-state index in [4.69, 9.17) is 0 Å². The van der Waals surface area contributed by atoms with Crippen molar-refractivity contribution in [2.75, 3.05) is 11.9 Å². The fraction of sp³-hybridized carbons (Fsp3) is 0.263. The Morgan fingerprint density at radius 3 is 2.29 bits per heavy atom. The molecule has 0 aromatic heterocycles. The van der Waals surface area contributed by atoms with Crippen LogP contribution in [0.1, 0.15) is 24.8 Å². The summed E-state index contributed by atoms with van der Waals surface area (Å²) in [5, 5.41) is 13.3. The number of anilines is 1. The summed E-state index contributed by atoms with van der Waals surface area (Å²) >= 11 is 0. The molecule has 0 aliphatic carbocycles. The highest BCUT2D eigenvalue weighted by atomic mass is 16.3. The van der Waals surface area contributed by atoms with Crippen molar-refractivity contribution in [3.05, 3.63) is 72.3 Å². The number of para-hydroxylation sites is 1. The summed E-state index contributed by atoms with van der Waals surface area (Å²) in [5.41, 5.74) is 2.28. The van der Waals surface area contributed by atoms with Gasteiger partial charge in [0.05, 0.1) is 6.10 Å². The summed E-state index contributed by atoms with van der Waals surface area (Å²) < 4.78 is 0. The van der Waals surface area contributed by atoms with Crippen LogP contribution in [-0.4, -0.2) is 17.8 Å². The van der Waals surface area contributed by atoms with E-state index in [2.05, 4.69) is 17.4 Å².